The average molecular weight is 435 g/mol. The minimum absolute atomic E-state index is 0.0174. The molecule has 1 aromatic carbocycles. The fraction of sp³-hybridized carbons (Fsp3) is 0.222. The third kappa shape index (κ3) is 4.97. The van der Waals surface area contributed by atoms with E-state index in [0.29, 0.717) is 0 Å². The van der Waals surface area contributed by atoms with E-state index in [1.807, 2.05) is 0 Å². The number of hydrogen-bond donors (Lipinski definition) is 2. The Labute approximate surface area is 174 Å². The molecule has 1 heterocycles. The molecule has 2 N–H and O–H groups in total. The first kappa shape index (κ1) is 22.5. The zero-order chi connectivity index (χ0) is 22.4. The molecular formula is C18H17N3O8S. The molecular weight excluding hydrogens is 418 g/mol. The lowest BCUT2D eigenvalue weighted by Gasteiger charge is -2.05. The number of methoxy groups -OCH3 is 1. The second kappa shape index (κ2) is 9.60. The number of anilines is 2. The van der Waals surface area contributed by atoms with E-state index in [4.69, 9.17) is 4.74 Å². The van der Waals surface area contributed by atoms with Gasteiger partial charge in [-0.2, -0.15) is 0 Å². The van der Waals surface area contributed by atoms with Gasteiger partial charge in [-0.1, -0.05) is 6.07 Å². The van der Waals surface area contributed by atoms with Gasteiger partial charge in [-0.25, -0.2) is 9.59 Å². The van der Waals surface area contributed by atoms with Gasteiger partial charge in [0.1, 0.15) is 5.00 Å². The molecule has 0 aliphatic carbocycles. The Morgan fingerprint density at radius 3 is 2.50 bits per heavy atom. The van der Waals surface area contributed by atoms with E-state index in [-0.39, 0.29) is 39.0 Å². The summed E-state index contributed by atoms with van der Waals surface area (Å²) >= 11 is 0.745. The molecule has 12 heteroatoms. The molecule has 0 saturated heterocycles. The minimum atomic E-state index is -1.15. The van der Waals surface area contributed by atoms with Crippen LogP contribution in [0.2, 0.25) is 0 Å². The lowest BCUT2D eigenvalue weighted by molar-refractivity contribution is -0.384. The van der Waals surface area contributed by atoms with Crippen molar-refractivity contribution in [3.63, 3.8) is 0 Å². The number of esters is 2. The zero-order valence-corrected chi connectivity index (χ0v) is 17.0. The van der Waals surface area contributed by atoms with Crippen LogP contribution >= 0.6 is 11.3 Å². The summed E-state index contributed by atoms with van der Waals surface area (Å²) in [5.41, 5.74) is 0.0605. The first-order chi connectivity index (χ1) is 14.2. The van der Waals surface area contributed by atoms with Gasteiger partial charge in [0.25, 0.3) is 11.6 Å². The number of nitrogens with one attached hydrogen (secondary N) is 2. The molecule has 30 heavy (non-hydrogen) atoms. The average Bonchev–Trinajstić information content (AvgIpc) is 3.03. The highest BCUT2D eigenvalue weighted by Crippen LogP contribution is 2.34. The number of benzene rings is 1. The Kier molecular flexibility index (Phi) is 7.20. The molecule has 0 spiro atoms. The van der Waals surface area contributed by atoms with Crippen LogP contribution in [0.5, 0.6) is 0 Å². The fourth-order valence-electron chi connectivity index (χ4n) is 2.40. The van der Waals surface area contributed by atoms with Gasteiger partial charge in [0.2, 0.25) is 0 Å². The number of non-ortho nitro benzene ring substituents is 1. The van der Waals surface area contributed by atoms with Crippen LogP contribution < -0.4 is 10.6 Å². The second-order valence-corrected chi connectivity index (χ2v) is 6.71. The highest BCUT2D eigenvalue weighted by Gasteiger charge is 2.28. The largest absolute Gasteiger partial charge is 0.465 e. The van der Waals surface area contributed by atoms with Gasteiger partial charge >= 0.3 is 17.8 Å². The summed E-state index contributed by atoms with van der Waals surface area (Å²) in [5.74, 6) is -3.76. The van der Waals surface area contributed by atoms with Crippen molar-refractivity contribution in [3.8, 4) is 0 Å². The molecule has 0 unspecified atom stereocenters. The van der Waals surface area contributed by atoms with Gasteiger partial charge in [-0.15, -0.1) is 11.3 Å². The summed E-state index contributed by atoms with van der Waals surface area (Å²) in [5, 5.41) is 15.6. The van der Waals surface area contributed by atoms with Crippen LogP contribution in [0.1, 0.15) is 32.5 Å². The lowest BCUT2D eigenvalue weighted by atomic mass is 10.1. The van der Waals surface area contributed by atoms with E-state index in [1.54, 1.807) is 0 Å². The Bertz CT molecular complexity index is 1030. The van der Waals surface area contributed by atoms with Crippen molar-refractivity contribution in [2.24, 2.45) is 0 Å². The van der Waals surface area contributed by atoms with Gasteiger partial charge in [-0.05, 0) is 25.5 Å². The molecule has 2 rings (SSSR count). The number of nitro benzene ring substituents is 1. The quantitative estimate of drug-likeness (QED) is 0.304. The van der Waals surface area contributed by atoms with Crippen molar-refractivity contribution in [3.05, 3.63) is 50.4 Å². The number of ether oxygens (including phenoxy) is 2. The molecule has 0 bridgehead atoms. The van der Waals surface area contributed by atoms with Gasteiger partial charge in [0.05, 0.1) is 29.1 Å². The molecule has 0 atom stereocenters. The van der Waals surface area contributed by atoms with Crippen LogP contribution in [-0.2, 0) is 19.1 Å². The second-order valence-electron chi connectivity index (χ2n) is 5.69. The molecule has 11 nitrogen and oxygen atoms in total. The highest BCUT2D eigenvalue weighted by atomic mass is 32.1. The number of thiophene rings is 1. The summed E-state index contributed by atoms with van der Waals surface area (Å²) in [6, 6.07) is 5.30. The normalized spacial score (nSPS) is 10.1. The monoisotopic (exact) mass is 435 g/mol. The Morgan fingerprint density at radius 1 is 1.20 bits per heavy atom. The third-order valence-electron chi connectivity index (χ3n) is 3.75. The van der Waals surface area contributed by atoms with Crippen molar-refractivity contribution in [1.82, 2.24) is 0 Å². The van der Waals surface area contributed by atoms with Crippen LogP contribution in [0.15, 0.2) is 24.3 Å². The Balaban J connectivity index is 2.37. The number of nitro groups is 1. The van der Waals surface area contributed by atoms with Crippen molar-refractivity contribution in [2.75, 3.05) is 24.4 Å². The maximum absolute atomic E-state index is 12.7. The SMILES string of the molecule is CCOC(=O)C(=O)Nc1sc(C(=O)Nc2cccc([N+](=O)[O-])c2)c(C)c1C(=O)OC. The Morgan fingerprint density at radius 2 is 1.90 bits per heavy atom. The third-order valence-corrected chi connectivity index (χ3v) is 4.95. The van der Waals surface area contributed by atoms with E-state index in [0.717, 1.165) is 18.4 Å². The smallest absolute Gasteiger partial charge is 0.397 e. The number of carbonyl (C=O) groups excluding carboxylic acids is 4. The topological polar surface area (TPSA) is 154 Å². The molecule has 158 valence electrons. The summed E-state index contributed by atoms with van der Waals surface area (Å²) in [6.45, 7) is 2.97. The summed E-state index contributed by atoms with van der Waals surface area (Å²) < 4.78 is 9.29. The minimum Gasteiger partial charge on any atom is -0.465 e. The van der Waals surface area contributed by atoms with E-state index >= 15 is 0 Å². The van der Waals surface area contributed by atoms with Crippen LogP contribution in [0.3, 0.4) is 0 Å². The van der Waals surface area contributed by atoms with Gasteiger partial charge < -0.3 is 20.1 Å². The molecule has 0 saturated carbocycles. The first-order valence-corrected chi connectivity index (χ1v) is 9.26. The number of amides is 2. The van der Waals surface area contributed by atoms with Crippen LogP contribution in [0, 0.1) is 17.0 Å². The zero-order valence-electron chi connectivity index (χ0n) is 16.1. The maximum Gasteiger partial charge on any atom is 0.397 e. The van der Waals surface area contributed by atoms with E-state index < -0.39 is 28.7 Å². The number of nitrogens with zero attached hydrogens (tertiary/aromatic N) is 1. The van der Waals surface area contributed by atoms with Gasteiger partial charge in [0.15, 0.2) is 0 Å². The van der Waals surface area contributed by atoms with E-state index in [9.17, 15) is 29.3 Å². The van der Waals surface area contributed by atoms with E-state index in [1.165, 1.54) is 38.1 Å². The summed E-state index contributed by atoms with van der Waals surface area (Å²) in [7, 11) is 1.12. The fourth-order valence-corrected chi connectivity index (χ4v) is 3.49. The van der Waals surface area contributed by atoms with E-state index in [2.05, 4.69) is 15.4 Å². The van der Waals surface area contributed by atoms with Crippen LogP contribution in [-0.4, -0.2) is 42.4 Å². The molecule has 2 aromatic rings. The predicted molar refractivity (Wildman–Crippen MR) is 107 cm³/mol. The molecule has 2 amide bonds. The number of rotatable bonds is 6. The molecule has 1 aromatic heterocycles. The molecule has 0 fully saturated rings. The molecule has 0 aliphatic heterocycles. The molecule has 0 radical (unpaired) electrons. The summed E-state index contributed by atoms with van der Waals surface area (Å²) in [6.07, 6.45) is 0. The standard InChI is InChI=1S/C18H17N3O8S/c1-4-29-18(25)15(23)20-16-12(17(24)28-3)9(2)13(30-16)14(22)19-10-6-5-7-11(8-10)21(26)27/h5-8H,4H2,1-3H3,(H,19,22)(H,20,23). The number of carbonyl (C=O) groups is 4. The van der Waals surface area contributed by atoms with Crippen molar-refractivity contribution >= 4 is 51.5 Å². The molecule has 0 aliphatic rings. The lowest BCUT2D eigenvalue weighted by Crippen LogP contribution is -2.25. The maximum atomic E-state index is 12.7. The van der Waals surface area contributed by atoms with Crippen molar-refractivity contribution in [2.45, 2.75) is 13.8 Å². The predicted octanol–water partition coefficient (Wildman–Crippen LogP) is 2.51. The summed E-state index contributed by atoms with van der Waals surface area (Å²) in [4.78, 5) is 58.7. The van der Waals surface area contributed by atoms with Crippen LogP contribution in [0.4, 0.5) is 16.4 Å². The van der Waals surface area contributed by atoms with Crippen LogP contribution in [0.25, 0.3) is 0 Å². The van der Waals surface area contributed by atoms with Crippen molar-refractivity contribution < 1.29 is 33.6 Å². The van der Waals surface area contributed by atoms with Crippen molar-refractivity contribution in [1.29, 1.82) is 0 Å². The van der Waals surface area contributed by atoms with Gasteiger partial charge in [0, 0.05) is 17.8 Å². The first-order valence-electron chi connectivity index (χ1n) is 8.45. The van der Waals surface area contributed by atoms with Gasteiger partial charge in [-0.3, -0.25) is 19.7 Å². The highest BCUT2D eigenvalue weighted by molar-refractivity contribution is 7.19. The number of hydrogen-bond acceptors (Lipinski definition) is 9. The Hall–Kier alpha value is -3.80.